The Kier molecular flexibility index (Phi) is 4.17. The van der Waals surface area contributed by atoms with Crippen LogP contribution < -0.4 is 5.32 Å². The molecule has 1 aliphatic carbocycles. The zero-order valence-corrected chi connectivity index (χ0v) is 20.0. The Balaban J connectivity index is 1.41. The van der Waals surface area contributed by atoms with Crippen LogP contribution in [0.5, 0.6) is 0 Å². The van der Waals surface area contributed by atoms with Crippen molar-refractivity contribution in [3.8, 4) is 11.3 Å². The van der Waals surface area contributed by atoms with Gasteiger partial charge in [0.15, 0.2) is 5.65 Å². The number of H-pyrrole nitrogens is 1. The molecule has 0 aromatic carbocycles. The molecule has 3 aliphatic rings. The minimum atomic E-state index is 0.465. The summed E-state index contributed by atoms with van der Waals surface area (Å²) in [4.78, 5) is 11.5. The fourth-order valence-corrected chi connectivity index (χ4v) is 8.32. The first-order valence-electron chi connectivity index (χ1n) is 12.3. The summed E-state index contributed by atoms with van der Waals surface area (Å²) < 4.78 is 1.99. The van der Waals surface area contributed by atoms with Gasteiger partial charge in [-0.1, -0.05) is 13.8 Å². The first-order chi connectivity index (χ1) is 15.6. The predicted molar refractivity (Wildman–Crippen MR) is 131 cm³/mol. The first-order valence-corrected chi connectivity index (χ1v) is 13.2. The number of hydrogen-bond acceptors (Lipinski definition) is 4. The van der Waals surface area contributed by atoms with Crippen molar-refractivity contribution in [2.75, 3.05) is 0 Å². The van der Waals surface area contributed by atoms with Crippen LogP contribution in [0.15, 0.2) is 12.5 Å². The lowest BCUT2D eigenvalue weighted by Crippen LogP contribution is -2.37. The fraction of sp³-hybridized carbons (Fsp3) is 0.538. The van der Waals surface area contributed by atoms with E-state index in [2.05, 4.69) is 47.4 Å². The van der Waals surface area contributed by atoms with Gasteiger partial charge < -0.3 is 10.3 Å². The van der Waals surface area contributed by atoms with Crippen LogP contribution in [0.3, 0.4) is 0 Å². The van der Waals surface area contributed by atoms with E-state index in [0.717, 1.165) is 36.5 Å². The highest BCUT2D eigenvalue weighted by Gasteiger charge is 2.36. The normalized spacial score (nSPS) is 24.9. The molecule has 0 saturated carbocycles. The molecule has 5 nitrogen and oxygen atoms in total. The van der Waals surface area contributed by atoms with Gasteiger partial charge in [-0.15, -0.1) is 11.3 Å². The number of nitrogens with zero attached hydrogens (tertiary/aromatic N) is 3. The van der Waals surface area contributed by atoms with Crippen molar-refractivity contribution in [2.45, 2.75) is 89.6 Å². The molecule has 2 N–H and O–H groups in total. The van der Waals surface area contributed by atoms with Crippen molar-refractivity contribution in [1.29, 1.82) is 0 Å². The van der Waals surface area contributed by atoms with Gasteiger partial charge in [-0.05, 0) is 80.4 Å². The lowest BCUT2D eigenvalue weighted by Gasteiger charge is -2.29. The van der Waals surface area contributed by atoms with Crippen molar-refractivity contribution in [1.82, 2.24) is 24.9 Å². The molecule has 32 heavy (non-hydrogen) atoms. The monoisotopic (exact) mass is 445 g/mol. The topological polar surface area (TPSA) is 58.0 Å². The highest BCUT2D eigenvalue weighted by Crippen LogP contribution is 2.48. The van der Waals surface area contributed by atoms with Gasteiger partial charge in [0, 0.05) is 39.7 Å². The Morgan fingerprint density at radius 3 is 2.69 bits per heavy atom. The van der Waals surface area contributed by atoms with Crippen molar-refractivity contribution < 1.29 is 0 Å². The van der Waals surface area contributed by atoms with Crippen LogP contribution in [0.25, 0.3) is 27.1 Å². The average molecular weight is 446 g/mol. The van der Waals surface area contributed by atoms with Crippen molar-refractivity contribution in [3.63, 3.8) is 0 Å². The van der Waals surface area contributed by atoms with Crippen LogP contribution in [-0.4, -0.2) is 31.7 Å². The quantitative estimate of drug-likeness (QED) is 0.415. The Bertz CT molecular complexity index is 1340. The van der Waals surface area contributed by atoms with Crippen molar-refractivity contribution in [2.24, 2.45) is 0 Å². The molecule has 0 radical (unpaired) electrons. The second-order valence-electron chi connectivity index (χ2n) is 10.6. The Morgan fingerprint density at radius 2 is 1.91 bits per heavy atom. The van der Waals surface area contributed by atoms with Gasteiger partial charge in [0.2, 0.25) is 0 Å². The van der Waals surface area contributed by atoms with Crippen molar-refractivity contribution >= 4 is 27.2 Å². The summed E-state index contributed by atoms with van der Waals surface area (Å²) in [5.41, 5.74) is 9.59. The van der Waals surface area contributed by atoms with Crippen LogP contribution in [0.2, 0.25) is 0 Å². The summed E-state index contributed by atoms with van der Waals surface area (Å²) in [5.74, 6) is 1.19. The average Bonchev–Trinajstić information content (AvgIpc) is 3.56. The van der Waals surface area contributed by atoms with E-state index < -0.39 is 0 Å². The maximum Gasteiger partial charge on any atom is 0.158 e. The third-order valence-electron chi connectivity index (χ3n) is 8.29. The number of hydrogen-bond donors (Lipinski definition) is 2. The number of nitrogens with one attached hydrogen (secondary N) is 2. The van der Waals surface area contributed by atoms with E-state index >= 15 is 0 Å². The minimum absolute atomic E-state index is 0.465. The summed E-state index contributed by atoms with van der Waals surface area (Å²) in [6.45, 7) is 7.08. The number of thiophene rings is 1. The number of fused-ring (bicyclic) bond motifs is 6. The summed E-state index contributed by atoms with van der Waals surface area (Å²) in [6, 6.07) is 1.46. The number of aryl methyl sites for hydroxylation is 2. The highest BCUT2D eigenvalue weighted by molar-refractivity contribution is 7.19. The number of piperidine rings is 1. The molecule has 6 heteroatoms. The maximum atomic E-state index is 4.55. The molecule has 2 atom stereocenters. The highest BCUT2D eigenvalue weighted by atomic mass is 32.1. The summed E-state index contributed by atoms with van der Waals surface area (Å²) in [7, 11) is 0. The SMILES string of the molecule is Cc1c(C2CC3CCC(C2)N3)sc2[nH]c(-c3cn4ncnc4c4c3CCC4)c(C(C)C)c12. The molecular weight excluding hydrogens is 414 g/mol. The molecule has 7 rings (SSSR count). The van der Waals surface area contributed by atoms with Crippen LogP contribution in [0, 0.1) is 6.92 Å². The standard InChI is InChI=1S/C26H31N5S/c1-13(2)21-22-14(3)24(15-9-16-7-8-17(10-15)29-16)32-26(22)30-23(21)20-11-31-25(27-12-28-31)19-6-4-5-18(19)20/h11-13,15-17,29-30H,4-10H2,1-3H3. The van der Waals surface area contributed by atoms with Gasteiger partial charge >= 0.3 is 0 Å². The van der Waals surface area contributed by atoms with E-state index in [1.807, 2.05) is 15.9 Å². The van der Waals surface area contributed by atoms with Gasteiger partial charge in [-0.2, -0.15) is 5.10 Å². The number of pyridine rings is 1. The van der Waals surface area contributed by atoms with E-state index in [9.17, 15) is 0 Å². The van der Waals surface area contributed by atoms with E-state index in [4.69, 9.17) is 0 Å². The van der Waals surface area contributed by atoms with Crippen LogP contribution in [0.1, 0.15) is 84.9 Å². The summed E-state index contributed by atoms with van der Waals surface area (Å²) in [6.07, 6.45) is 12.7. The molecule has 0 amide bonds. The maximum absolute atomic E-state index is 4.55. The zero-order chi connectivity index (χ0) is 21.6. The van der Waals surface area contributed by atoms with E-state index in [0.29, 0.717) is 5.92 Å². The molecule has 0 spiro atoms. The molecule has 2 fully saturated rings. The van der Waals surface area contributed by atoms with Crippen LogP contribution >= 0.6 is 11.3 Å². The largest absolute Gasteiger partial charge is 0.346 e. The third kappa shape index (κ3) is 2.65. The number of aromatic amines is 1. The molecule has 2 bridgehead atoms. The van der Waals surface area contributed by atoms with Gasteiger partial charge in [0.1, 0.15) is 11.2 Å². The molecule has 6 heterocycles. The number of rotatable bonds is 3. The minimum Gasteiger partial charge on any atom is -0.346 e. The van der Waals surface area contributed by atoms with Crippen LogP contribution in [-0.2, 0) is 12.8 Å². The third-order valence-corrected chi connectivity index (χ3v) is 9.66. The smallest absolute Gasteiger partial charge is 0.158 e. The molecule has 4 aromatic heterocycles. The molecule has 4 aromatic rings. The van der Waals surface area contributed by atoms with Crippen molar-refractivity contribution in [3.05, 3.63) is 39.7 Å². The van der Waals surface area contributed by atoms with Gasteiger partial charge in [0.25, 0.3) is 0 Å². The second kappa shape index (κ2) is 6.91. The summed E-state index contributed by atoms with van der Waals surface area (Å²) in [5, 5.41) is 9.81. The Morgan fingerprint density at radius 1 is 1.12 bits per heavy atom. The lowest BCUT2D eigenvalue weighted by molar-refractivity contribution is 0.366. The zero-order valence-electron chi connectivity index (χ0n) is 19.2. The van der Waals surface area contributed by atoms with E-state index in [1.165, 1.54) is 75.8 Å². The Hall–Kier alpha value is -2.18. The molecule has 2 saturated heterocycles. The molecule has 166 valence electrons. The van der Waals surface area contributed by atoms with Gasteiger partial charge in [-0.25, -0.2) is 9.50 Å². The van der Waals surface area contributed by atoms with Crippen LogP contribution in [0.4, 0.5) is 0 Å². The molecule has 2 aliphatic heterocycles. The second-order valence-corrected chi connectivity index (χ2v) is 11.6. The van der Waals surface area contributed by atoms with Gasteiger partial charge in [-0.3, -0.25) is 0 Å². The molecule has 2 unspecified atom stereocenters. The first kappa shape index (κ1) is 19.3. The number of aromatic nitrogens is 4. The van der Waals surface area contributed by atoms with E-state index in [-0.39, 0.29) is 0 Å². The summed E-state index contributed by atoms with van der Waals surface area (Å²) >= 11 is 2.03. The Labute approximate surface area is 192 Å². The van der Waals surface area contributed by atoms with Gasteiger partial charge in [0.05, 0.1) is 5.69 Å². The molecular formula is C26H31N5S. The van der Waals surface area contributed by atoms with E-state index in [1.54, 1.807) is 11.2 Å². The predicted octanol–water partition coefficient (Wildman–Crippen LogP) is 5.86. The fourth-order valence-electron chi connectivity index (χ4n) is 6.96. The lowest BCUT2D eigenvalue weighted by atomic mass is 9.88.